The quantitative estimate of drug-likeness (QED) is 0.519. The maximum Gasteiger partial charge on any atom is 0.302 e. The van der Waals surface area contributed by atoms with Crippen LogP contribution in [0.1, 0.15) is 10.5 Å². The number of fused-ring (bicyclic) bond motifs is 2. The SMILES string of the molecule is Nc1nccc2[nH]nc(C(=O)Nc3nc4cc(Cl)ccc4o3)c12. The molecular weight excluding hydrogens is 320 g/mol. The number of oxazole rings is 1. The van der Waals surface area contributed by atoms with Gasteiger partial charge in [-0.05, 0) is 24.3 Å². The molecule has 0 bridgehead atoms. The molecule has 0 saturated carbocycles. The summed E-state index contributed by atoms with van der Waals surface area (Å²) >= 11 is 5.89. The Morgan fingerprint density at radius 3 is 3.09 bits per heavy atom. The number of rotatable bonds is 2. The second kappa shape index (κ2) is 4.96. The molecule has 23 heavy (non-hydrogen) atoms. The van der Waals surface area contributed by atoms with Crippen LogP contribution in [-0.2, 0) is 0 Å². The first-order valence-electron chi connectivity index (χ1n) is 6.58. The monoisotopic (exact) mass is 328 g/mol. The standard InChI is InChI=1S/C14H9ClN6O2/c15-6-1-2-9-8(5-6)18-14(23-9)19-13(22)11-10-7(20-21-11)3-4-17-12(10)16/h1-5H,(H2,16,17)(H,20,21)(H,18,19,22). The Kier molecular flexibility index (Phi) is 2.91. The predicted octanol–water partition coefficient (Wildman–Crippen LogP) is 2.59. The fourth-order valence-corrected chi connectivity index (χ4v) is 2.43. The first-order valence-corrected chi connectivity index (χ1v) is 6.95. The van der Waals surface area contributed by atoms with Crippen LogP contribution in [0.4, 0.5) is 11.8 Å². The van der Waals surface area contributed by atoms with Crippen LogP contribution in [0.2, 0.25) is 5.02 Å². The number of nitrogens with one attached hydrogen (secondary N) is 2. The minimum Gasteiger partial charge on any atom is -0.423 e. The van der Waals surface area contributed by atoms with Crippen LogP contribution in [0.5, 0.6) is 0 Å². The van der Waals surface area contributed by atoms with Crippen LogP contribution in [0.15, 0.2) is 34.9 Å². The Balaban J connectivity index is 1.70. The maximum absolute atomic E-state index is 12.4. The number of benzene rings is 1. The lowest BCUT2D eigenvalue weighted by Crippen LogP contribution is -2.13. The number of anilines is 2. The van der Waals surface area contributed by atoms with Crippen molar-refractivity contribution in [2.24, 2.45) is 0 Å². The second-order valence-corrected chi connectivity index (χ2v) is 5.21. The summed E-state index contributed by atoms with van der Waals surface area (Å²) in [5, 5.41) is 10.2. The van der Waals surface area contributed by atoms with Crippen molar-refractivity contribution in [1.29, 1.82) is 0 Å². The molecular formula is C14H9ClN6O2. The van der Waals surface area contributed by atoms with E-state index in [9.17, 15) is 4.79 Å². The Labute approximate surface area is 133 Å². The number of halogens is 1. The number of carbonyl (C=O) groups excluding carboxylic acids is 1. The molecule has 0 aliphatic carbocycles. The fourth-order valence-electron chi connectivity index (χ4n) is 2.27. The third-order valence-electron chi connectivity index (χ3n) is 3.29. The van der Waals surface area contributed by atoms with Crippen LogP contribution in [-0.4, -0.2) is 26.1 Å². The second-order valence-electron chi connectivity index (χ2n) is 4.78. The van der Waals surface area contributed by atoms with E-state index in [0.29, 0.717) is 27.0 Å². The molecule has 3 aromatic heterocycles. The average molecular weight is 329 g/mol. The third-order valence-corrected chi connectivity index (χ3v) is 3.53. The summed E-state index contributed by atoms with van der Waals surface area (Å²) in [7, 11) is 0. The summed E-state index contributed by atoms with van der Waals surface area (Å²) in [6.07, 6.45) is 1.53. The van der Waals surface area contributed by atoms with Crippen molar-refractivity contribution in [3.63, 3.8) is 0 Å². The molecule has 1 amide bonds. The van der Waals surface area contributed by atoms with Crippen molar-refractivity contribution < 1.29 is 9.21 Å². The molecule has 0 unspecified atom stereocenters. The number of amides is 1. The molecule has 0 spiro atoms. The zero-order valence-corrected chi connectivity index (χ0v) is 12.3. The highest BCUT2D eigenvalue weighted by Crippen LogP contribution is 2.24. The van der Waals surface area contributed by atoms with Gasteiger partial charge in [0.25, 0.3) is 5.91 Å². The van der Waals surface area contributed by atoms with Crippen molar-refractivity contribution in [3.8, 4) is 0 Å². The van der Waals surface area contributed by atoms with E-state index in [2.05, 4.69) is 25.5 Å². The normalized spacial score (nSPS) is 11.2. The summed E-state index contributed by atoms with van der Waals surface area (Å²) in [5.41, 5.74) is 7.59. The molecule has 4 aromatic rings. The van der Waals surface area contributed by atoms with Gasteiger partial charge in [0.05, 0.1) is 10.9 Å². The number of aromatic amines is 1. The Morgan fingerprint density at radius 2 is 2.22 bits per heavy atom. The number of nitrogens with zero attached hydrogens (tertiary/aromatic N) is 3. The van der Waals surface area contributed by atoms with Crippen molar-refractivity contribution >= 4 is 51.3 Å². The third kappa shape index (κ3) is 2.25. The molecule has 8 nitrogen and oxygen atoms in total. The van der Waals surface area contributed by atoms with E-state index in [1.807, 2.05) is 0 Å². The minimum absolute atomic E-state index is 0.0471. The van der Waals surface area contributed by atoms with E-state index in [0.717, 1.165) is 0 Å². The lowest BCUT2D eigenvalue weighted by Gasteiger charge is -1.99. The molecule has 0 saturated heterocycles. The molecule has 0 aliphatic rings. The molecule has 1 aromatic carbocycles. The van der Waals surface area contributed by atoms with Gasteiger partial charge in [0, 0.05) is 11.2 Å². The number of carbonyl (C=O) groups is 1. The van der Waals surface area contributed by atoms with E-state index in [1.165, 1.54) is 6.20 Å². The van der Waals surface area contributed by atoms with E-state index in [4.69, 9.17) is 21.8 Å². The topological polar surface area (TPSA) is 123 Å². The van der Waals surface area contributed by atoms with Gasteiger partial charge >= 0.3 is 6.01 Å². The first-order chi connectivity index (χ1) is 11.1. The van der Waals surface area contributed by atoms with Crippen molar-refractivity contribution in [3.05, 3.63) is 41.2 Å². The molecule has 0 aliphatic heterocycles. The van der Waals surface area contributed by atoms with E-state index in [1.54, 1.807) is 24.3 Å². The maximum atomic E-state index is 12.4. The number of H-pyrrole nitrogens is 1. The van der Waals surface area contributed by atoms with Gasteiger partial charge in [0.15, 0.2) is 11.3 Å². The van der Waals surface area contributed by atoms with Gasteiger partial charge in [-0.2, -0.15) is 10.1 Å². The van der Waals surface area contributed by atoms with Gasteiger partial charge in [0.1, 0.15) is 11.3 Å². The van der Waals surface area contributed by atoms with Gasteiger partial charge in [-0.1, -0.05) is 11.6 Å². The predicted molar refractivity (Wildman–Crippen MR) is 85.3 cm³/mol. The van der Waals surface area contributed by atoms with Gasteiger partial charge in [-0.15, -0.1) is 0 Å². The molecule has 114 valence electrons. The summed E-state index contributed by atoms with van der Waals surface area (Å²) in [4.78, 5) is 20.5. The van der Waals surface area contributed by atoms with E-state index in [-0.39, 0.29) is 17.5 Å². The highest BCUT2D eigenvalue weighted by Gasteiger charge is 2.19. The zero-order chi connectivity index (χ0) is 16.0. The molecule has 0 atom stereocenters. The van der Waals surface area contributed by atoms with Gasteiger partial charge in [-0.25, -0.2) is 4.98 Å². The van der Waals surface area contributed by atoms with Gasteiger partial charge in [-0.3, -0.25) is 15.2 Å². The van der Waals surface area contributed by atoms with Crippen LogP contribution in [0.25, 0.3) is 22.0 Å². The summed E-state index contributed by atoms with van der Waals surface area (Å²) < 4.78 is 5.45. The smallest absolute Gasteiger partial charge is 0.302 e. The number of hydrogen-bond donors (Lipinski definition) is 3. The van der Waals surface area contributed by atoms with Crippen LogP contribution in [0, 0.1) is 0 Å². The average Bonchev–Trinajstić information content (AvgIpc) is 3.11. The van der Waals surface area contributed by atoms with Crippen molar-refractivity contribution in [2.75, 3.05) is 11.1 Å². The van der Waals surface area contributed by atoms with Crippen LogP contribution in [0.3, 0.4) is 0 Å². The highest BCUT2D eigenvalue weighted by molar-refractivity contribution is 6.31. The van der Waals surface area contributed by atoms with Crippen LogP contribution >= 0.6 is 11.6 Å². The Hall–Kier alpha value is -3.13. The zero-order valence-electron chi connectivity index (χ0n) is 11.5. The van der Waals surface area contributed by atoms with E-state index < -0.39 is 5.91 Å². The number of nitrogen functional groups attached to an aromatic ring is 1. The minimum atomic E-state index is -0.506. The first kappa shape index (κ1) is 13.5. The fraction of sp³-hybridized carbons (Fsp3) is 0. The number of aromatic nitrogens is 4. The van der Waals surface area contributed by atoms with E-state index >= 15 is 0 Å². The number of nitrogens with two attached hydrogens (primary N) is 1. The summed E-state index contributed by atoms with van der Waals surface area (Å²) in [6.45, 7) is 0. The number of pyridine rings is 1. The molecule has 3 heterocycles. The molecule has 0 fully saturated rings. The molecule has 4 rings (SSSR count). The molecule has 0 radical (unpaired) electrons. The van der Waals surface area contributed by atoms with Crippen molar-refractivity contribution in [1.82, 2.24) is 20.2 Å². The summed E-state index contributed by atoms with van der Waals surface area (Å²) in [6, 6.07) is 6.71. The molecule has 9 heteroatoms. The molecule has 4 N–H and O–H groups in total. The largest absolute Gasteiger partial charge is 0.423 e. The number of hydrogen-bond acceptors (Lipinski definition) is 6. The Morgan fingerprint density at radius 1 is 1.35 bits per heavy atom. The van der Waals surface area contributed by atoms with Crippen molar-refractivity contribution in [2.45, 2.75) is 0 Å². The lowest BCUT2D eigenvalue weighted by atomic mass is 10.2. The summed E-state index contributed by atoms with van der Waals surface area (Å²) in [5.74, 6) is -0.292. The van der Waals surface area contributed by atoms with Gasteiger partial charge in [0.2, 0.25) is 0 Å². The lowest BCUT2D eigenvalue weighted by molar-refractivity contribution is 0.102. The Bertz CT molecular complexity index is 1050. The highest BCUT2D eigenvalue weighted by atomic mass is 35.5. The van der Waals surface area contributed by atoms with Crippen LogP contribution < -0.4 is 11.1 Å². The van der Waals surface area contributed by atoms with Gasteiger partial charge < -0.3 is 10.2 Å².